The Balaban J connectivity index is 0.000000152. The Morgan fingerprint density at radius 3 is 1.41 bits per heavy atom. The van der Waals surface area contributed by atoms with Crippen LogP contribution in [0.5, 0.6) is 0 Å². The van der Waals surface area contributed by atoms with Gasteiger partial charge >= 0.3 is 42.1 Å². The molecule has 0 amide bonds. The summed E-state index contributed by atoms with van der Waals surface area (Å²) in [5.41, 5.74) is 22.0. The van der Waals surface area contributed by atoms with Gasteiger partial charge in [-0.15, -0.1) is 212 Å². The SMILES string of the molecule is CC(C)(C)c1cc(P(c2[c-]c(-c3ccccn3)ccc2)c2cccc(-c3[c-]cccc3)n2)cc(C(C)(C)C)c1.CC1(C)c2c([c-]ccc2F)-c2nccc3cccc1c23.Fc1ccc(-c2[c-]cccc2)nc1.OC(=CC(O)c1ccccc1)c1ccccc1.[Ir].[Ir].[Ir].[Pt+2].[Pt+2].[c-]1c(Cc2[c-]c(-c3ccccn3)c3ccccc3c2)cc2ccccc2c1-c1ccccn1.[c-]1ccc2cc3ccccc3cc2c1-c1ccccn1. The predicted octanol–water partition coefficient (Wildman–Crippen LogP) is 30.4. The maximum Gasteiger partial charge on any atom is 2.00 e. The summed E-state index contributed by atoms with van der Waals surface area (Å²) in [5, 5.41) is 34.1. The molecule has 17 heteroatoms. The monoisotopic (exact) mass is 2830 g/mol. The van der Waals surface area contributed by atoms with E-state index < -0.39 is 14.0 Å². The van der Waals surface area contributed by atoms with Gasteiger partial charge in [0.2, 0.25) is 0 Å². The molecule has 9 nitrogen and oxygen atoms in total. The minimum absolute atomic E-state index is 0. The zero-order valence-electron chi connectivity index (χ0n) is 81.7. The Morgan fingerprint density at radius 1 is 0.381 bits per heavy atom. The summed E-state index contributed by atoms with van der Waals surface area (Å²) < 4.78 is 26.9. The van der Waals surface area contributed by atoms with Gasteiger partial charge in [-0.3, -0.25) is 4.98 Å². The normalized spacial score (nSPS) is 11.9. The van der Waals surface area contributed by atoms with Crippen LogP contribution in [0, 0.1) is 54.1 Å². The quantitative estimate of drug-likeness (QED) is 0.0473. The largest absolute Gasteiger partial charge is 2.00 e. The van der Waals surface area contributed by atoms with Crippen LogP contribution in [0.1, 0.15) is 106 Å². The Hall–Kier alpha value is -13.2. The summed E-state index contributed by atoms with van der Waals surface area (Å²) in [6.07, 6.45) is 11.7. The molecule has 1 aliphatic carbocycles. The zero-order valence-corrected chi connectivity index (χ0v) is 94.3. The fourth-order valence-corrected chi connectivity index (χ4v) is 19.8. The van der Waals surface area contributed by atoms with Crippen molar-refractivity contribution in [2.24, 2.45) is 0 Å². The molecule has 23 rings (SSSR count). The Kier molecular flexibility index (Phi) is 38.8. The topological polar surface area (TPSA) is 131 Å². The summed E-state index contributed by atoms with van der Waals surface area (Å²) in [7, 11) is -0.994. The van der Waals surface area contributed by atoms with Crippen molar-refractivity contribution in [1.82, 2.24) is 34.9 Å². The van der Waals surface area contributed by atoms with E-state index in [9.17, 15) is 19.0 Å². The number of benzene rings is 15. The first kappa shape index (κ1) is 111. The smallest absolute Gasteiger partial charge is 0.508 e. The average molecular weight is 2830 g/mol. The minimum atomic E-state index is -0.994. The molecular weight excluding hydrogens is 2730 g/mol. The summed E-state index contributed by atoms with van der Waals surface area (Å²) in [5.74, 6) is -0.418. The molecule has 147 heavy (non-hydrogen) atoms. The van der Waals surface area contributed by atoms with Crippen molar-refractivity contribution in [3.05, 3.63) is 536 Å². The van der Waals surface area contributed by atoms with Gasteiger partial charge < -0.3 is 40.1 Å². The fraction of sp³-hybridized carbons (Fsp3) is 0.100. The first-order valence-corrected chi connectivity index (χ1v) is 48.6. The van der Waals surface area contributed by atoms with Crippen molar-refractivity contribution >= 4 is 83.6 Å². The molecule has 1 aliphatic rings. The van der Waals surface area contributed by atoms with Crippen LogP contribution in [0.25, 0.3) is 138 Å². The van der Waals surface area contributed by atoms with E-state index in [2.05, 4.69) is 304 Å². The van der Waals surface area contributed by atoms with Gasteiger partial charge in [0.25, 0.3) is 0 Å². The minimum Gasteiger partial charge on any atom is -0.508 e. The van der Waals surface area contributed by atoms with Crippen LogP contribution in [0.15, 0.2) is 438 Å². The molecule has 0 fully saturated rings. The molecule has 2 N–H and O–H groups in total. The Bertz CT molecular complexity index is 7930. The number of nitrogens with zero attached hydrogens (tertiary/aromatic N) is 7. The third kappa shape index (κ3) is 27.0. The van der Waals surface area contributed by atoms with Crippen LogP contribution in [0.4, 0.5) is 8.78 Å². The van der Waals surface area contributed by atoms with E-state index in [1.54, 1.807) is 36.5 Å². The van der Waals surface area contributed by atoms with Gasteiger partial charge in [-0.05, 0) is 168 Å². The van der Waals surface area contributed by atoms with Crippen molar-refractivity contribution in [3.8, 4) is 78.8 Å². The summed E-state index contributed by atoms with van der Waals surface area (Å²) in [6, 6.07) is 154. The second-order valence-corrected chi connectivity index (χ2v) is 39.2. The zero-order chi connectivity index (χ0) is 98.1. The summed E-state index contributed by atoms with van der Waals surface area (Å²) >= 11 is 0. The number of aromatic nitrogens is 7. The van der Waals surface area contributed by atoms with Gasteiger partial charge in [0.1, 0.15) is 17.7 Å². The maximum absolute atomic E-state index is 14.4. The van der Waals surface area contributed by atoms with E-state index in [0.29, 0.717) is 11.1 Å². The summed E-state index contributed by atoms with van der Waals surface area (Å²) in [4.78, 5) is 31.9. The van der Waals surface area contributed by atoms with Crippen LogP contribution in [-0.4, -0.2) is 45.1 Å². The molecule has 0 saturated heterocycles. The van der Waals surface area contributed by atoms with Crippen LogP contribution >= 0.6 is 7.92 Å². The van der Waals surface area contributed by atoms with Crippen LogP contribution in [0.3, 0.4) is 0 Å². The number of pyridine rings is 7. The van der Waals surface area contributed by atoms with E-state index in [1.807, 2.05) is 201 Å². The number of aliphatic hydroxyl groups is 2. The van der Waals surface area contributed by atoms with Gasteiger partial charge in [-0.2, -0.15) is 0 Å². The molecule has 737 valence electrons. The van der Waals surface area contributed by atoms with Gasteiger partial charge in [-0.25, -0.2) is 8.78 Å². The van der Waals surface area contributed by atoms with Gasteiger partial charge in [0.15, 0.2) is 0 Å². The van der Waals surface area contributed by atoms with Crippen LogP contribution in [-0.2, 0) is 125 Å². The molecule has 0 aliphatic heterocycles. The van der Waals surface area contributed by atoms with E-state index in [4.69, 9.17) is 4.98 Å². The predicted molar refractivity (Wildman–Crippen MR) is 580 cm³/mol. The second kappa shape index (κ2) is 51.4. The third-order valence-corrected chi connectivity index (χ3v) is 27.1. The summed E-state index contributed by atoms with van der Waals surface area (Å²) in [6.45, 7) is 17.9. The number of aliphatic hydroxyl groups excluding tert-OH is 2. The molecule has 15 aromatic carbocycles. The Labute approximate surface area is 930 Å². The van der Waals surface area contributed by atoms with E-state index in [1.165, 1.54) is 73.2 Å². The molecule has 0 saturated carbocycles. The van der Waals surface area contributed by atoms with E-state index in [-0.39, 0.29) is 136 Å². The third-order valence-electron chi connectivity index (χ3n) is 24.8. The molecule has 2 unspecified atom stereocenters. The van der Waals surface area contributed by atoms with E-state index in [0.717, 1.165) is 140 Å². The molecular formula is C130H101F2Ir3N7O2PPt2-3. The van der Waals surface area contributed by atoms with Crippen molar-refractivity contribution in [2.45, 2.75) is 84.2 Å². The van der Waals surface area contributed by atoms with Crippen molar-refractivity contribution in [3.63, 3.8) is 0 Å². The molecule has 0 spiro atoms. The molecule has 7 heterocycles. The van der Waals surface area contributed by atoms with Gasteiger partial charge in [0.05, 0.1) is 11.6 Å². The average Bonchev–Trinajstić information content (AvgIpc) is 0.713. The van der Waals surface area contributed by atoms with Gasteiger partial charge in [0, 0.05) is 103 Å². The van der Waals surface area contributed by atoms with Crippen LogP contribution in [0.2, 0.25) is 0 Å². The first-order valence-electron chi connectivity index (χ1n) is 47.3. The van der Waals surface area contributed by atoms with Crippen molar-refractivity contribution < 1.29 is 121 Å². The standard InChI is InChI=1S/C36H35N2P.C31H20N2.C19H12N.C18H13FN.C15H14O2.C11H7FN.3Ir.2Pt/c1-35(2,3)28-23-29(36(4,5)6)25-31(24-28)39(30-17-12-16-27(22-30)32-18-10-11-21-37-32)34-20-13-19-33(38-34)26-14-8-7-9-15-26;1-3-11-26-24(9-1)18-22(20-28(26)30-13-5-7-15-32-30)17-23-19-25-10-2-4-12-27(25)29(21-23)31-14-6-8-16-33-31;1-2-7-15-13-18-16(12-14(15)6-1)8-5-9-17(18)19-10-3-4-11-20-19;1-18(2)13-7-3-5-11-9-10-20-17(15(11)13)12-6-4-8-14(19)16(12)18;16-14(12-7-3-1-4-8-12)11-15(17)13-9-5-2-6-10-13;12-10-6-7-11(13-8-10)9-4-2-1-3-5-9;;;;;/h7-14,16-21,23-25H,1-6H3;1-16,18-19H,17H2;1-8,10-13H;3-5,7-10H,1-2H3;1-11,14,16-17H;1-4,6-8H;;;;;/q2*-2;2*-1;;-1;;;;2*+2. The molecule has 22 aromatic rings. The number of fused-ring (bicyclic) bond motifs is 6. The molecule has 7 aromatic heterocycles. The molecule has 0 bridgehead atoms. The second-order valence-electron chi connectivity index (χ2n) is 37.1. The Morgan fingerprint density at radius 2 is 0.857 bits per heavy atom. The molecule has 3 radical (unpaired) electrons. The van der Waals surface area contributed by atoms with E-state index >= 15 is 0 Å². The van der Waals surface area contributed by atoms with Crippen LogP contribution < -0.4 is 16.0 Å². The number of hydrogen-bond acceptors (Lipinski definition) is 9. The fourth-order valence-electron chi connectivity index (χ4n) is 17.6. The maximum atomic E-state index is 14.4. The van der Waals surface area contributed by atoms with Crippen molar-refractivity contribution in [2.75, 3.05) is 0 Å². The first-order chi connectivity index (χ1) is 69.1. The van der Waals surface area contributed by atoms with Gasteiger partial charge in [-0.1, -0.05) is 331 Å². The number of hydrogen-bond donors (Lipinski definition) is 2. The number of halogens is 2. The van der Waals surface area contributed by atoms with Crippen molar-refractivity contribution in [1.29, 1.82) is 0 Å². The number of rotatable bonds is 14. The molecule has 2 atom stereocenters.